The number of ether oxygens (including phenoxy) is 4. The fraction of sp³-hybridized carbons (Fsp3) is 0.500. The Morgan fingerprint density at radius 2 is 1.48 bits per heavy atom. The van der Waals surface area contributed by atoms with Gasteiger partial charge < -0.3 is 28.7 Å². The number of rotatable bonds is 6. The number of hydrogen-bond acceptors (Lipinski definition) is 7. The lowest BCUT2D eigenvalue weighted by molar-refractivity contribution is -0.136. The summed E-state index contributed by atoms with van der Waals surface area (Å²) in [4.78, 5) is 39.4. The summed E-state index contributed by atoms with van der Waals surface area (Å²) in [6.45, 7) is 3.10. The topological polar surface area (TPSA) is 94.6 Å². The van der Waals surface area contributed by atoms with Gasteiger partial charge in [-0.25, -0.2) is 9.59 Å². The molecule has 2 amide bonds. The first kappa shape index (κ1) is 20.3. The molecule has 9 heteroatoms. The molecule has 2 rings (SSSR count). The zero-order valence-electron chi connectivity index (χ0n) is 15.7. The second kappa shape index (κ2) is 9.65. The third kappa shape index (κ3) is 5.02. The maximum Gasteiger partial charge on any atom is 0.409 e. The quantitative estimate of drug-likeness (QED) is 0.684. The van der Waals surface area contributed by atoms with E-state index in [2.05, 4.69) is 0 Å². The normalized spacial score (nSPS) is 13.7. The Balaban J connectivity index is 1.90. The molecule has 1 heterocycles. The van der Waals surface area contributed by atoms with E-state index in [1.54, 1.807) is 34.9 Å². The van der Waals surface area contributed by atoms with Gasteiger partial charge in [0.25, 0.3) is 5.91 Å². The first-order valence-electron chi connectivity index (χ1n) is 8.59. The summed E-state index contributed by atoms with van der Waals surface area (Å²) in [7, 11) is 2.86. The highest BCUT2D eigenvalue weighted by Gasteiger charge is 2.26. The predicted molar refractivity (Wildman–Crippen MR) is 95.0 cm³/mol. The lowest BCUT2D eigenvalue weighted by Gasteiger charge is -2.33. The van der Waals surface area contributed by atoms with E-state index in [0.29, 0.717) is 44.3 Å². The lowest BCUT2D eigenvalue weighted by Crippen LogP contribution is -2.51. The van der Waals surface area contributed by atoms with Crippen LogP contribution < -0.4 is 9.47 Å². The van der Waals surface area contributed by atoms with Crippen molar-refractivity contribution in [1.82, 2.24) is 9.80 Å². The Morgan fingerprint density at radius 1 is 0.926 bits per heavy atom. The Kier molecular flexibility index (Phi) is 7.27. The van der Waals surface area contributed by atoms with Crippen molar-refractivity contribution in [3.05, 3.63) is 23.8 Å². The molecule has 0 bridgehead atoms. The van der Waals surface area contributed by atoms with Crippen molar-refractivity contribution >= 4 is 18.0 Å². The second-order valence-corrected chi connectivity index (χ2v) is 5.68. The van der Waals surface area contributed by atoms with Crippen LogP contribution in [0, 0.1) is 0 Å². The first-order valence-corrected chi connectivity index (χ1v) is 8.59. The summed E-state index contributed by atoms with van der Waals surface area (Å²) in [5, 5.41) is 0. The van der Waals surface area contributed by atoms with E-state index in [1.807, 2.05) is 0 Å². The van der Waals surface area contributed by atoms with Crippen molar-refractivity contribution in [1.29, 1.82) is 0 Å². The van der Waals surface area contributed by atoms with Crippen LogP contribution in [0.25, 0.3) is 0 Å². The predicted octanol–water partition coefficient (Wildman–Crippen LogP) is 1.16. The van der Waals surface area contributed by atoms with Gasteiger partial charge in [0.15, 0.2) is 6.61 Å². The number of benzene rings is 1. The van der Waals surface area contributed by atoms with Gasteiger partial charge in [-0.1, -0.05) is 6.07 Å². The molecule has 0 unspecified atom stereocenters. The summed E-state index contributed by atoms with van der Waals surface area (Å²) in [5.74, 6) is -0.437. The molecule has 1 aromatic rings. The molecule has 0 aliphatic carbocycles. The molecule has 1 fully saturated rings. The Hall–Kier alpha value is -2.97. The van der Waals surface area contributed by atoms with E-state index in [9.17, 15) is 14.4 Å². The number of piperazine rings is 1. The molecule has 1 saturated heterocycles. The summed E-state index contributed by atoms with van der Waals surface area (Å²) in [6.07, 6.45) is -0.390. The van der Waals surface area contributed by atoms with Crippen LogP contribution in [0.1, 0.15) is 17.3 Å². The summed E-state index contributed by atoms with van der Waals surface area (Å²) >= 11 is 0. The zero-order valence-corrected chi connectivity index (χ0v) is 15.7. The number of carbonyl (C=O) groups is 3. The van der Waals surface area contributed by atoms with Crippen molar-refractivity contribution in [3.63, 3.8) is 0 Å². The van der Waals surface area contributed by atoms with E-state index in [4.69, 9.17) is 18.9 Å². The molecule has 0 aromatic heterocycles. The maximum atomic E-state index is 12.4. The summed E-state index contributed by atoms with van der Waals surface area (Å²) in [5.41, 5.74) is 0.127. The van der Waals surface area contributed by atoms with Crippen LogP contribution in [0.5, 0.6) is 11.5 Å². The van der Waals surface area contributed by atoms with Crippen LogP contribution in [-0.2, 0) is 14.3 Å². The number of amides is 2. The SMILES string of the molecule is CCOC(=O)N1CCN(C(=O)COC(=O)c2c(OC)cccc2OC)CC1. The third-order valence-electron chi connectivity index (χ3n) is 4.12. The molecule has 0 saturated carbocycles. The highest BCUT2D eigenvalue weighted by Crippen LogP contribution is 2.28. The Morgan fingerprint density at radius 3 is 2.00 bits per heavy atom. The highest BCUT2D eigenvalue weighted by molar-refractivity contribution is 5.96. The van der Waals surface area contributed by atoms with Gasteiger partial charge in [-0.2, -0.15) is 0 Å². The molecule has 9 nitrogen and oxygen atoms in total. The van der Waals surface area contributed by atoms with Gasteiger partial charge >= 0.3 is 12.1 Å². The van der Waals surface area contributed by atoms with Crippen LogP contribution in [0.3, 0.4) is 0 Å². The van der Waals surface area contributed by atoms with Crippen LogP contribution in [0.15, 0.2) is 18.2 Å². The van der Waals surface area contributed by atoms with Crippen molar-refractivity contribution in [2.45, 2.75) is 6.92 Å². The second-order valence-electron chi connectivity index (χ2n) is 5.68. The van der Waals surface area contributed by atoms with Crippen molar-refractivity contribution in [2.75, 3.05) is 53.6 Å². The lowest BCUT2D eigenvalue weighted by atomic mass is 10.2. The van der Waals surface area contributed by atoms with Crippen LogP contribution >= 0.6 is 0 Å². The molecule has 0 atom stereocenters. The van der Waals surface area contributed by atoms with Crippen LogP contribution in [0.2, 0.25) is 0 Å². The van der Waals surface area contributed by atoms with Gasteiger partial charge in [-0.05, 0) is 19.1 Å². The number of hydrogen-bond donors (Lipinski definition) is 0. The molecular weight excluding hydrogens is 356 g/mol. The Bertz CT molecular complexity index is 662. The molecule has 1 aliphatic rings. The third-order valence-corrected chi connectivity index (χ3v) is 4.12. The van der Waals surface area contributed by atoms with Crippen molar-refractivity contribution < 1.29 is 33.3 Å². The molecule has 0 radical (unpaired) electrons. The molecular formula is C18H24N2O7. The van der Waals surface area contributed by atoms with E-state index in [1.165, 1.54) is 14.2 Å². The molecule has 27 heavy (non-hydrogen) atoms. The monoisotopic (exact) mass is 380 g/mol. The zero-order chi connectivity index (χ0) is 19.8. The van der Waals surface area contributed by atoms with Crippen LogP contribution in [0.4, 0.5) is 4.79 Å². The van der Waals surface area contributed by atoms with Crippen molar-refractivity contribution in [3.8, 4) is 11.5 Å². The highest BCUT2D eigenvalue weighted by atomic mass is 16.6. The van der Waals surface area contributed by atoms with Crippen LogP contribution in [-0.4, -0.2) is 81.4 Å². The van der Waals surface area contributed by atoms with E-state index >= 15 is 0 Å². The van der Waals surface area contributed by atoms with Gasteiger partial charge in [-0.3, -0.25) is 4.79 Å². The molecule has 1 aromatic carbocycles. The first-order chi connectivity index (χ1) is 13.0. The molecule has 148 valence electrons. The molecule has 0 N–H and O–H groups in total. The average molecular weight is 380 g/mol. The molecule has 1 aliphatic heterocycles. The number of nitrogens with zero attached hydrogens (tertiary/aromatic N) is 2. The van der Waals surface area contributed by atoms with Gasteiger partial charge in [0.2, 0.25) is 0 Å². The van der Waals surface area contributed by atoms with Gasteiger partial charge in [-0.15, -0.1) is 0 Å². The summed E-state index contributed by atoms with van der Waals surface area (Å²) in [6, 6.07) is 4.90. The fourth-order valence-electron chi connectivity index (χ4n) is 2.70. The minimum Gasteiger partial charge on any atom is -0.496 e. The number of methoxy groups -OCH3 is 2. The minimum atomic E-state index is -0.706. The summed E-state index contributed by atoms with van der Waals surface area (Å²) < 4.78 is 20.4. The van der Waals surface area contributed by atoms with Gasteiger partial charge in [0, 0.05) is 26.2 Å². The number of esters is 1. The fourth-order valence-corrected chi connectivity index (χ4v) is 2.70. The minimum absolute atomic E-state index is 0.127. The van der Waals surface area contributed by atoms with E-state index in [0.717, 1.165) is 0 Å². The van der Waals surface area contributed by atoms with Crippen molar-refractivity contribution in [2.24, 2.45) is 0 Å². The van der Waals surface area contributed by atoms with Gasteiger partial charge in [0.1, 0.15) is 17.1 Å². The average Bonchev–Trinajstić information content (AvgIpc) is 2.71. The largest absolute Gasteiger partial charge is 0.496 e. The molecule has 0 spiro atoms. The maximum absolute atomic E-state index is 12.4. The Labute approximate surface area is 157 Å². The number of carbonyl (C=O) groups excluding carboxylic acids is 3. The van der Waals surface area contributed by atoms with E-state index in [-0.39, 0.29) is 17.6 Å². The smallest absolute Gasteiger partial charge is 0.409 e. The standard InChI is InChI=1S/C18H24N2O7/c1-4-26-18(23)20-10-8-19(9-11-20)15(21)12-27-17(22)16-13(24-2)6-5-7-14(16)25-3/h5-7H,4,8-12H2,1-3H3. The van der Waals surface area contributed by atoms with E-state index < -0.39 is 12.6 Å². The van der Waals surface area contributed by atoms with Gasteiger partial charge in [0.05, 0.1) is 20.8 Å².